The fraction of sp³-hybridized carbons (Fsp3) is 0.538. The number of aromatic carboxylic acids is 1. The van der Waals surface area contributed by atoms with Crippen molar-refractivity contribution in [2.24, 2.45) is 0 Å². The molecule has 2 rings (SSSR count). The van der Waals surface area contributed by atoms with Crippen LogP contribution in [0.25, 0.3) is 0 Å². The van der Waals surface area contributed by atoms with Crippen LogP contribution in [0.5, 0.6) is 11.7 Å². The Labute approximate surface area is 190 Å². The van der Waals surface area contributed by atoms with Crippen LogP contribution in [0.3, 0.4) is 0 Å². The highest BCUT2D eigenvalue weighted by atomic mass is 16.6. The zero-order valence-electron chi connectivity index (χ0n) is 19.1. The van der Waals surface area contributed by atoms with E-state index >= 15 is 0 Å². The van der Waals surface area contributed by atoms with Crippen molar-refractivity contribution < 1.29 is 28.6 Å². The number of carbonyl (C=O) groups is 2. The van der Waals surface area contributed by atoms with Crippen molar-refractivity contribution in [2.75, 3.05) is 6.61 Å². The van der Waals surface area contributed by atoms with Crippen molar-refractivity contribution in [3.05, 3.63) is 47.7 Å². The Kier molecular flexibility index (Phi) is 12.0. The van der Waals surface area contributed by atoms with Gasteiger partial charge in [-0.1, -0.05) is 89.7 Å². The molecule has 1 N–H and O–H groups in total. The van der Waals surface area contributed by atoms with Gasteiger partial charge in [-0.25, -0.2) is 9.59 Å². The molecule has 6 heteroatoms. The van der Waals surface area contributed by atoms with Crippen molar-refractivity contribution in [3.8, 4) is 11.7 Å². The van der Waals surface area contributed by atoms with Gasteiger partial charge in [-0.05, 0) is 24.6 Å². The molecule has 0 unspecified atom stereocenters. The number of furan rings is 1. The Balaban J connectivity index is 1.56. The second-order valence-corrected chi connectivity index (χ2v) is 8.05. The molecule has 6 nitrogen and oxygen atoms in total. The highest BCUT2D eigenvalue weighted by molar-refractivity contribution is 5.94. The van der Waals surface area contributed by atoms with Crippen LogP contribution in [-0.4, -0.2) is 23.7 Å². The largest absolute Gasteiger partial charge is 0.478 e. The molecule has 0 saturated carbocycles. The first kappa shape index (κ1) is 25.5. The first-order chi connectivity index (χ1) is 15.6. The van der Waals surface area contributed by atoms with E-state index in [9.17, 15) is 9.59 Å². The van der Waals surface area contributed by atoms with E-state index < -0.39 is 11.9 Å². The van der Waals surface area contributed by atoms with Gasteiger partial charge in [0.15, 0.2) is 0 Å². The second-order valence-electron chi connectivity index (χ2n) is 8.05. The lowest BCUT2D eigenvalue weighted by atomic mass is 10.1. The van der Waals surface area contributed by atoms with E-state index in [0.717, 1.165) is 12.8 Å². The Morgan fingerprint density at radius 1 is 0.812 bits per heavy atom. The molecule has 0 radical (unpaired) electrons. The average Bonchev–Trinajstić information content (AvgIpc) is 3.26. The van der Waals surface area contributed by atoms with Crippen LogP contribution >= 0.6 is 0 Å². The molecule has 1 heterocycles. The summed E-state index contributed by atoms with van der Waals surface area (Å²) in [4.78, 5) is 23.4. The molecule has 0 atom stereocenters. The van der Waals surface area contributed by atoms with Crippen LogP contribution in [0.2, 0.25) is 0 Å². The van der Waals surface area contributed by atoms with Crippen LogP contribution in [0.15, 0.2) is 40.8 Å². The number of ether oxygens (including phenoxy) is 2. The molecule has 0 aliphatic rings. The predicted molar refractivity (Wildman–Crippen MR) is 124 cm³/mol. The topological polar surface area (TPSA) is 86.0 Å². The summed E-state index contributed by atoms with van der Waals surface area (Å²) >= 11 is 0. The molecular weight excluding hydrogens is 408 g/mol. The molecule has 0 saturated heterocycles. The molecule has 0 aliphatic heterocycles. The van der Waals surface area contributed by atoms with E-state index in [4.69, 9.17) is 19.0 Å². The van der Waals surface area contributed by atoms with Crippen molar-refractivity contribution in [1.82, 2.24) is 0 Å². The van der Waals surface area contributed by atoms with Crippen molar-refractivity contribution in [3.63, 3.8) is 0 Å². The summed E-state index contributed by atoms with van der Waals surface area (Å²) in [5, 5.41) is 9.17. The summed E-state index contributed by atoms with van der Waals surface area (Å²) in [6.45, 7) is 2.78. The molecule has 0 aliphatic carbocycles. The van der Waals surface area contributed by atoms with Gasteiger partial charge in [0.05, 0.1) is 6.61 Å². The summed E-state index contributed by atoms with van der Waals surface area (Å²) in [5.41, 5.74) is -0.0872. The van der Waals surface area contributed by atoms with Gasteiger partial charge >= 0.3 is 11.9 Å². The highest BCUT2D eigenvalue weighted by Crippen LogP contribution is 2.22. The molecule has 1 aromatic heterocycles. The molecular formula is C26H36O6. The van der Waals surface area contributed by atoms with E-state index in [0.29, 0.717) is 6.61 Å². The third-order valence-electron chi connectivity index (χ3n) is 5.34. The standard InChI is InChI=1S/C26H36O6/c1-2-3-4-5-6-7-8-9-10-11-12-15-20-30-24-19-18-23(31-24)26(29)32-22-17-14-13-16-21(22)25(27)28/h13-14,16-19H,2-12,15,20H2,1H3,(H,27,28). The maximum Gasteiger partial charge on any atom is 0.379 e. The molecule has 1 aromatic carbocycles. The average molecular weight is 445 g/mol. The van der Waals surface area contributed by atoms with Crippen molar-refractivity contribution >= 4 is 11.9 Å². The number of hydrogen-bond acceptors (Lipinski definition) is 5. The summed E-state index contributed by atoms with van der Waals surface area (Å²) in [7, 11) is 0. The van der Waals surface area contributed by atoms with Crippen LogP contribution < -0.4 is 9.47 Å². The minimum atomic E-state index is -1.17. The monoisotopic (exact) mass is 444 g/mol. The number of esters is 1. The fourth-order valence-electron chi connectivity index (χ4n) is 3.51. The van der Waals surface area contributed by atoms with E-state index in [2.05, 4.69) is 6.92 Å². The Bertz CT molecular complexity index is 810. The summed E-state index contributed by atoms with van der Waals surface area (Å²) < 4.78 is 16.1. The van der Waals surface area contributed by atoms with E-state index in [-0.39, 0.29) is 23.0 Å². The number of carbonyl (C=O) groups excluding carboxylic acids is 1. The number of rotatable bonds is 17. The number of carboxylic acids is 1. The third-order valence-corrected chi connectivity index (χ3v) is 5.34. The van der Waals surface area contributed by atoms with Gasteiger partial charge in [-0.15, -0.1) is 0 Å². The molecule has 0 spiro atoms. The fourth-order valence-corrected chi connectivity index (χ4v) is 3.51. The first-order valence-electron chi connectivity index (χ1n) is 11.9. The summed E-state index contributed by atoms with van der Waals surface area (Å²) in [5.74, 6) is -1.74. The number of unbranched alkanes of at least 4 members (excludes halogenated alkanes) is 11. The predicted octanol–water partition coefficient (Wildman–Crippen LogP) is 7.28. The normalized spacial score (nSPS) is 10.8. The molecule has 0 fully saturated rings. The van der Waals surface area contributed by atoms with Gasteiger partial charge in [0.2, 0.25) is 5.76 Å². The SMILES string of the molecule is CCCCCCCCCCCCCCOc1ccc(C(=O)Oc2ccccc2C(=O)O)o1. The molecule has 2 aromatic rings. The van der Waals surface area contributed by atoms with Gasteiger partial charge in [0, 0.05) is 6.07 Å². The lowest BCUT2D eigenvalue weighted by Gasteiger charge is -2.06. The molecule has 176 valence electrons. The molecule has 32 heavy (non-hydrogen) atoms. The van der Waals surface area contributed by atoms with Gasteiger partial charge in [0.1, 0.15) is 11.3 Å². The Morgan fingerprint density at radius 2 is 1.41 bits per heavy atom. The Hall–Kier alpha value is -2.76. The Morgan fingerprint density at radius 3 is 2.03 bits per heavy atom. The number of hydrogen-bond donors (Lipinski definition) is 1. The third kappa shape index (κ3) is 9.58. The van der Waals surface area contributed by atoms with E-state index in [1.165, 1.54) is 82.4 Å². The second kappa shape index (κ2) is 15.1. The number of carboxylic acid groups (broad SMARTS) is 1. The zero-order chi connectivity index (χ0) is 23.0. The maximum absolute atomic E-state index is 12.2. The summed E-state index contributed by atoms with van der Waals surface area (Å²) in [6.07, 6.45) is 15.3. The van der Waals surface area contributed by atoms with Gasteiger partial charge < -0.3 is 19.0 Å². The minimum Gasteiger partial charge on any atom is -0.478 e. The highest BCUT2D eigenvalue weighted by Gasteiger charge is 2.18. The van der Waals surface area contributed by atoms with Crippen LogP contribution in [0.4, 0.5) is 0 Å². The lowest BCUT2D eigenvalue weighted by Crippen LogP contribution is -2.10. The minimum absolute atomic E-state index is 0.0274. The van der Waals surface area contributed by atoms with Crippen LogP contribution in [-0.2, 0) is 0 Å². The smallest absolute Gasteiger partial charge is 0.379 e. The van der Waals surface area contributed by atoms with Gasteiger partial charge in [-0.2, -0.15) is 0 Å². The first-order valence-corrected chi connectivity index (χ1v) is 11.9. The van der Waals surface area contributed by atoms with Gasteiger partial charge in [0.25, 0.3) is 5.95 Å². The van der Waals surface area contributed by atoms with Crippen LogP contribution in [0, 0.1) is 0 Å². The maximum atomic E-state index is 12.2. The molecule has 0 amide bonds. The van der Waals surface area contributed by atoms with E-state index in [1.54, 1.807) is 18.2 Å². The quantitative estimate of drug-likeness (QED) is 0.157. The van der Waals surface area contributed by atoms with E-state index in [1.807, 2.05) is 0 Å². The van der Waals surface area contributed by atoms with Crippen molar-refractivity contribution in [1.29, 1.82) is 0 Å². The van der Waals surface area contributed by atoms with Gasteiger partial charge in [-0.3, -0.25) is 0 Å². The number of para-hydroxylation sites is 1. The number of benzene rings is 1. The van der Waals surface area contributed by atoms with Crippen LogP contribution in [0.1, 0.15) is 105 Å². The van der Waals surface area contributed by atoms with Crippen molar-refractivity contribution in [2.45, 2.75) is 84.0 Å². The summed E-state index contributed by atoms with van der Waals surface area (Å²) in [6, 6.07) is 8.99. The molecule has 0 bridgehead atoms. The zero-order valence-corrected chi connectivity index (χ0v) is 19.1. The lowest BCUT2D eigenvalue weighted by molar-refractivity contribution is 0.0665.